The largest absolute Gasteiger partial charge is 0.491 e. The van der Waals surface area contributed by atoms with E-state index in [-0.39, 0.29) is 5.91 Å². The van der Waals surface area contributed by atoms with Crippen LogP contribution in [-0.2, 0) is 9.53 Å². The lowest BCUT2D eigenvalue weighted by Crippen LogP contribution is -2.27. The summed E-state index contributed by atoms with van der Waals surface area (Å²) in [5.41, 5.74) is 2.10. The zero-order valence-corrected chi connectivity index (χ0v) is 18.8. The van der Waals surface area contributed by atoms with Crippen molar-refractivity contribution < 1.29 is 19.0 Å². The molecule has 0 atom stereocenters. The molecule has 0 radical (unpaired) electrons. The monoisotopic (exact) mass is 443 g/mol. The van der Waals surface area contributed by atoms with Gasteiger partial charge in [-0.1, -0.05) is 53.8 Å². The Morgan fingerprint density at radius 3 is 2.37 bits per heavy atom. The number of carbonyl (C=O) groups is 1. The zero-order valence-electron chi connectivity index (χ0n) is 17.1. The van der Waals surface area contributed by atoms with Crippen LogP contribution in [0, 0.1) is 6.92 Å². The van der Waals surface area contributed by atoms with Crippen molar-refractivity contribution in [3.63, 3.8) is 0 Å². The topological polar surface area (TPSA) is 48.0 Å². The molecule has 0 N–H and O–H groups in total. The second-order valence-electron chi connectivity index (χ2n) is 6.62. The molecule has 0 saturated carbocycles. The SMILES string of the molecule is CCN1C(=O)/C(=C\c2cccc(OCCOCCOc3ccc(C)cc3)c2)SC1=S. The zero-order chi connectivity index (χ0) is 21.3. The van der Waals surface area contributed by atoms with Crippen LogP contribution in [0.25, 0.3) is 6.08 Å². The lowest BCUT2D eigenvalue weighted by molar-refractivity contribution is -0.121. The molecule has 0 unspecified atom stereocenters. The molecule has 0 aromatic heterocycles. The van der Waals surface area contributed by atoms with E-state index in [0.717, 1.165) is 17.1 Å². The Bertz CT molecular complexity index is 912. The summed E-state index contributed by atoms with van der Waals surface area (Å²) in [5, 5.41) is 0. The summed E-state index contributed by atoms with van der Waals surface area (Å²) >= 11 is 6.58. The van der Waals surface area contributed by atoms with Crippen molar-refractivity contribution in [1.29, 1.82) is 0 Å². The van der Waals surface area contributed by atoms with E-state index < -0.39 is 0 Å². The number of aryl methyl sites for hydroxylation is 1. The van der Waals surface area contributed by atoms with Gasteiger partial charge < -0.3 is 14.2 Å². The molecule has 1 fully saturated rings. The quantitative estimate of drug-likeness (QED) is 0.302. The Kier molecular flexibility index (Phi) is 8.30. The number of carbonyl (C=O) groups excluding carboxylic acids is 1. The number of likely N-dealkylation sites (N-methyl/N-ethyl adjacent to an activating group) is 1. The summed E-state index contributed by atoms with van der Waals surface area (Å²) in [4.78, 5) is 14.6. The van der Waals surface area contributed by atoms with Gasteiger partial charge in [0, 0.05) is 6.54 Å². The van der Waals surface area contributed by atoms with Crippen molar-refractivity contribution >= 4 is 40.3 Å². The van der Waals surface area contributed by atoms with Gasteiger partial charge in [0.15, 0.2) is 0 Å². The van der Waals surface area contributed by atoms with Crippen molar-refractivity contribution in [2.24, 2.45) is 0 Å². The summed E-state index contributed by atoms with van der Waals surface area (Å²) < 4.78 is 17.5. The fraction of sp³-hybridized carbons (Fsp3) is 0.304. The predicted molar refractivity (Wildman–Crippen MR) is 125 cm³/mol. The van der Waals surface area contributed by atoms with Gasteiger partial charge in [0.05, 0.1) is 18.1 Å². The van der Waals surface area contributed by atoms with E-state index in [1.54, 1.807) is 4.90 Å². The molecule has 1 aliphatic heterocycles. The normalized spacial score (nSPS) is 15.1. The number of rotatable bonds is 10. The van der Waals surface area contributed by atoms with E-state index in [4.69, 9.17) is 26.4 Å². The van der Waals surface area contributed by atoms with Crippen LogP contribution in [-0.4, -0.2) is 48.1 Å². The van der Waals surface area contributed by atoms with Gasteiger partial charge in [-0.3, -0.25) is 9.69 Å². The van der Waals surface area contributed by atoms with Crippen LogP contribution in [0.15, 0.2) is 53.4 Å². The van der Waals surface area contributed by atoms with Crippen molar-refractivity contribution in [2.75, 3.05) is 33.0 Å². The molecule has 30 heavy (non-hydrogen) atoms. The van der Waals surface area contributed by atoms with E-state index in [0.29, 0.717) is 42.2 Å². The Morgan fingerprint density at radius 1 is 1.00 bits per heavy atom. The highest BCUT2D eigenvalue weighted by molar-refractivity contribution is 8.26. The first kappa shape index (κ1) is 22.3. The number of amides is 1. The Balaban J connectivity index is 1.39. The molecule has 3 rings (SSSR count). The number of ether oxygens (including phenoxy) is 3. The van der Waals surface area contributed by atoms with Crippen LogP contribution >= 0.6 is 24.0 Å². The van der Waals surface area contributed by atoms with E-state index in [1.165, 1.54) is 17.3 Å². The number of benzene rings is 2. The molecule has 1 saturated heterocycles. The van der Waals surface area contributed by atoms with E-state index >= 15 is 0 Å². The Hall–Kier alpha value is -2.35. The maximum absolute atomic E-state index is 12.3. The standard InChI is InChI=1S/C23H25NO4S2/c1-3-24-22(25)21(30-23(24)29)16-18-5-4-6-20(15-18)28-14-12-26-11-13-27-19-9-7-17(2)8-10-19/h4-10,15-16H,3,11-14H2,1-2H3/b21-16+. The van der Waals surface area contributed by atoms with Crippen molar-refractivity contribution in [3.05, 3.63) is 64.6 Å². The molecule has 0 spiro atoms. The second-order valence-corrected chi connectivity index (χ2v) is 8.30. The van der Waals surface area contributed by atoms with Gasteiger partial charge in [-0.2, -0.15) is 0 Å². The van der Waals surface area contributed by atoms with E-state index in [9.17, 15) is 4.79 Å². The van der Waals surface area contributed by atoms with Crippen LogP contribution in [0.1, 0.15) is 18.1 Å². The van der Waals surface area contributed by atoms with Gasteiger partial charge in [-0.15, -0.1) is 0 Å². The lowest BCUT2D eigenvalue weighted by Gasteiger charge is -2.10. The van der Waals surface area contributed by atoms with Gasteiger partial charge in [-0.25, -0.2) is 0 Å². The first-order valence-electron chi connectivity index (χ1n) is 9.82. The van der Waals surface area contributed by atoms with Crippen LogP contribution in [0.5, 0.6) is 11.5 Å². The van der Waals surface area contributed by atoms with Crippen molar-refractivity contribution in [1.82, 2.24) is 4.90 Å². The third-order valence-corrected chi connectivity index (χ3v) is 5.74. The molecule has 1 aliphatic rings. The summed E-state index contributed by atoms with van der Waals surface area (Å²) in [7, 11) is 0. The Morgan fingerprint density at radius 2 is 1.70 bits per heavy atom. The van der Waals surface area contributed by atoms with Crippen LogP contribution in [0.3, 0.4) is 0 Å². The fourth-order valence-corrected chi connectivity index (χ4v) is 4.18. The molecule has 7 heteroatoms. The van der Waals surface area contributed by atoms with Gasteiger partial charge in [-0.05, 0) is 49.8 Å². The van der Waals surface area contributed by atoms with E-state index in [2.05, 4.69) is 0 Å². The van der Waals surface area contributed by atoms with Gasteiger partial charge >= 0.3 is 0 Å². The first-order chi connectivity index (χ1) is 14.6. The first-order valence-corrected chi connectivity index (χ1v) is 11.0. The number of thioether (sulfide) groups is 1. The second kappa shape index (κ2) is 11.2. The molecule has 2 aromatic rings. The molecular formula is C23H25NO4S2. The summed E-state index contributed by atoms with van der Waals surface area (Å²) in [6.07, 6.45) is 1.85. The fourth-order valence-electron chi connectivity index (χ4n) is 2.79. The smallest absolute Gasteiger partial charge is 0.266 e. The minimum Gasteiger partial charge on any atom is -0.491 e. The number of hydrogen-bond donors (Lipinski definition) is 0. The Labute approximate surface area is 187 Å². The third kappa shape index (κ3) is 6.32. The number of nitrogens with zero attached hydrogens (tertiary/aromatic N) is 1. The maximum Gasteiger partial charge on any atom is 0.266 e. The minimum atomic E-state index is -0.0416. The average molecular weight is 444 g/mol. The predicted octanol–water partition coefficient (Wildman–Crippen LogP) is 4.69. The van der Waals surface area contributed by atoms with Gasteiger partial charge in [0.1, 0.15) is 29.0 Å². The summed E-state index contributed by atoms with van der Waals surface area (Å²) in [5.74, 6) is 1.53. The number of thiocarbonyl (C=S) groups is 1. The summed E-state index contributed by atoms with van der Waals surface area (Å²) in [6, 6.07) is 15.6. The minimum absolute atomic E-state index is 0.0416. The van der Waals surface area contributed by atoms with Crippen LogP contribution < -0.4 is 9.47 Å². The van der Waals surface area contributed by atoms with Gasteiger partial charge in [0.25, 0.3) is 5.91 Å². The molecule has 158 valence electrons. The molecular weight excluding hydrogens is 418 g/mol. The molecule has 5 nitrogen and oxygen atoms in total. The lowest BCUT2D eigenvalue weighted by atomic mass is 10.2. The van der Waals surface area contributed by atoms with Crippen molar-refractivity contribution in [3.8, 4) is 11.5 Å². The molecule has 0 bridgehead atoms. The van der Waals surface area contributed by atoms with Gasteiger partial charge in [0.2, 0.25) is 0 Å². The highest BCUT2D eigenvalue weighted by Crippen LogP contribution is 2.32. The molecule has 1 amide bonds. The highest BCUT2D eigenvalue weighted by atomic mass is 32.2. The average Bonchev–Trinajstić information content (AvgIpc) is 3.01. The number of hydrogen-bond acceptors (Lipinski definition) is 6. The third-order valence-electron chi connectivity index (χ3n) is 4.36. The maximum atomic E-state index is 12.3. The summed E-state index contributed by atoms with van der Waals surface area (Å²) in [6.45, 7) is 6.44. The van der Waals surface area contributed by atoms with E-state index in [1.807, 2.05) is 68.5 Å². The van der Waals surface area contributed by atoms with Crippen molar-refractivity contribution in [2.45, 2.75) is 13.8 Å². The highest BCUT2D eigenvalue weighted by Gasteiger charge is 2.30. The molecule has 0 aliphatic carbocycles. The van der Waals surface area contributed by atoms with Crippen LogP contribution in [0.2, 0.25) is 0 Å². The molecule has 2 aromatic carbocycles. The van der Waals surface area contributed by atoms with Crippen LogP contribution in [0.4, 0.5) is 0 Å². The molecule has 1 heterocycles.